The minimum absolute atomic E-state index is 0.0675. The van der Waals surface area contributed by atoms with Crippen LogP contribution in [-0.4, -0.2) is 16.1 Å². The number of thiophene rings is 1. The van der Waals surface area contributed by atoms with Crippen LogP contribution in [0.25, 0.3) is 0 Å². The molecular weight excluding hydrogens is 262 g/mol. The second kappa shape index (κ2) is 5.71. The number of hydrogen-bond donors (Lipinski definition) is 3. The van der Waals surface area contributed by atoms with Gasteiger partial charge < -0.3 is 16.2 Å². The van der Waals surface area contributed by atoms with Crippen molar-refractivity contribution in [3.8, 4) is 0 Å². The van der Waals surface area contributed by atoms with Gasteiger partial charge in [0.25, 0.3) is 0 Å². The average molecular weight is 277 g/mol. The van der Waals surface area contributed by atoms with E-state index in [4.69, 9.17) is 10.8 Å². The van der Waals surface area contributed by atoms with Crippen LogP contribution in [0.3, 0.4) is 0 Å². The lowest BCUT2D eigenvalue weighted by atomic mass is 10.2. The predicted molar refractivity (Wildman–Crippen MR) is 76.6 cm³/mol. The second-order valence-electron chi connectivity index (χ2n) is 4.00. The molecule has 2 heterocycles. The average Bonchev–Trinajstić information content (AvgIpc) is 2.85. The summed E-state index contributed by atoms with van der Waals surface area (Å²) in [5, 5.41) is 12.0. The fourth-order valence-electron chi connectivity index (χ4n) is 1.68. The minimum Gasteiger partial charge on any atom is -0.478 e. The zero-order valence-corrected chi connectivity index (χ0v) is 11.3. The van der Waals surface area contributed by atoms with E-state index >= 15 is 0 Å². The molecular formula is C13H15N3O2S. The van der Waals surface area contributed by atoms with E-state index in [0.29, 0.717) is 12.4 Å². The molecule has 2 aromatic heterocycles. The smallest absolute Gasteiger partial charge is 0.337 e. The quantitative estimate of drug-likeness (QED) is 0.781. The molecule has 0 saturated carbocycles. The largest absolute Gasteiger partial charge is 0.478 e. The van der Waals surface area contributed by atoms with Gasteiger partial charge >= 0.3 is 5.97 Å². The molecule has 0 aliphatic carbocycles. The first-order valence-corrected chi connectivity index (χ1v) is 6.72. The summed E-state index contributed by atoms with van der Waals surface area (Å²) in [4.78, 5) is 17.5. The van der Waals surface area contributed by atoms with E-state index in [9.17, 15) is 4.79 Å². The Hall–Kier alpha value is -2.08. The van der Waals surface area contributed by atoms with E-state index in [1.165, 1.54) is 22.0 Å². The molecule has 4 N–H and O–H groups in total. The number of nitrogen functional groups attached to an aromatic ring is 1. The molecule has 0 unspecified atom stereocenters. The number of nitrogens with zero attached hydrogens (tertiary/aromatic N) is 1. The molecule has 0 atom stereocenters. The highest BCUT2D eigenvalue weighted by atomic mass is 32.1. The summed E-state index contributed by atoms with van der Waals surface area (Å²) >= 11 is 1.72. The van der Waals surface area contributed by atoms with E-state index in [0.717, 1.165) is 6.42 Å². The Kier molecular flexibility index (Phi) is 4.01. The molecule has 0 fully saturated rings. The van der Waals surface area contributed by atoms with E-state index in [1.807, 2.05) is 6.07 Å². The van der Waals surface area contributed by atoms with Gasteiger partial charge in [0.15, 0.2) is 0 Å². The van der Waals surface area contributed by atoms with E-state index in [-0.39, 0.29) is 11.3 Å². The van der Waals surface area contributed by atoms with Crippen molar-refractivity contribution in [2.24, 2.45) is 0 Å². The third-order valence-corrected chi connectivity index (χ3v) is 3.95. The van der Waals surface area contributed by atoms with E-state index in [1.54, 1.807) is 11.3 Å². The van der Waals surface area contributed by atoms with Gasteiger partial charge in [0.1, 0.15) is 5.82 Å². The van der Waals surface area contributed by atoms with Crippen LogP contribution in [0.5, 0.6) is 0 Å². The Morgan fingerprint density at radius 3 is 2.79 bits per heavy atom. The van der Waals surface area contributed by atoms with Crippen LogP contribution >= 0.6 is 11.3 Å². The molecule has 0 aliphatic heterocycles. The van der Waals surface area contributed by atoms with Gasteiger partial charge in [-0.1, -0.05) is 6.92 Å². The van der Waals surface area contributed by atoms with Gasteiger partial charge in [-0.05, 0) is 24.6 Å². The minimum atomic E-state index is -1.05. The topological polar surface area (TPSA) is 88.2 Å². The number of nitrogens with two attached hydrogens (primary N) is 1. The molecule has 0 aliphatic rings. The summed E-state index contributed by atoms with van der Waals surface area (Å²) in [6.45, 7) is 2.70. The summed E-state index contributed by atoms with van der Waals surface area (Å²) in [5.41, 5.74) is 6.01. The first-order chi connectivity index (χ1) is 9.11. The number of pyridine rings is 1. The highest BCUT2D eigenvalue weighted by Crippen LogP contribution is 2.22. The van der Waals surface area contributed by atoms with Gasteiger partial charge in [0.2, 0.25) is 0 Å². The van der Waals surface area contributed by atoms with E-state index < -0.39 is 5.97 Å². The normalized spacial score (nSPS) is 10.4. The summed E-state index contributed by atoms with van der Waals surface area (Å²) in [6, 6.07) is 5.53. The van der Waals surface area contributed by atoms with Crippen molar-refractivity contribution in [3.63, 3.8) is 0 Å². The Morgan fingerprint density at radius 1 is 1.42 bits per heavy atom. The Bertz CT molecular complexity index is 595. The van der Waals surface area contributed by atoms with Crippen LogP contribution in [0.15, 0.2) is 24.4 Å². The molecule has 19 heavy (non-hydrogen) atoms. The molecule has 2 rings (SSSR count). The van der Waals surface area contributed by atoms with Gasteiger partial charge in [0, 0.05) is 16.0 Å². The van der Waals surface area contributed by atoms with Gasteiger partial charge in [-0.15, -0.1) is 11.3 Å². The zero-order valence-electron chi connectivity index (χ0n) is 10.5. The second-order valence-corrected chi connectivity index (χ2v) is 5.25. The number of aromatic nitrogens is 1. The maximum atomic E-state index is 11.0. The van der Waals surface area contributed by atoms with Crippen molar-refractivity contribution >= 4 is 28.8 Å². The first kappa shape index (κ1) is 13.4. The molecule has 0 amide bonds. The maximum Gasteiger partial charge on any atom is 0.337 e. The van der Waals surface area contributed by atoms with Gasteiger partial charge in [-0.2, -0.15) is 0 Å². The number of rotatable bonds is 5. The Labute approximate surface area is 115 Å². The number of aryl methyl sites for hydroxylation is 1. The molecule has 0 spiro atoms. The molecule has 0 radical (unpaired) electrons. The molecule has 2 aromatic rings. The zero-order chi connectivity index (χ0) is 13.8. The third kappa shape index (κ3) is 3.03. The molecule has 0 aromatic carbocycles. The van der Waals surface area contributed by atoms with Crippen LogP contribution in [-0.2, 0) is 13.0 Å². The van der Waals surface area contributed by atoms with Crippen molar-refractivity contribution in [1.82, 2.24) is 4.98 Å². The van der Waals surface area contributed by atoms with Crippen molar-refractivity contribution in [1.29, 1.82) is 0 Å². The number of anilines is 2. The predicted octanol–water partition coefficient (Wildman–Crippen LogP) is 2.60. The van der Waals surface area contributed by atoms with Gasteiger partial charge in [-0.3, -0.25) is 0 Å². The summed E-state index contributed by atoms with van der Waals surface area (Å²) in [7, 11) is 0. The summed E-state index contributed by atoms with van der Waals surface area (Å²) in [6.07, 6.45) is 2.45. The Morgan fingerprint density at radius 2 is 2.16 bits per heavy atom. The van der Waals surface area contributed by atoms with Crippen LogP contribution in [0.1, 0.15) is 27.0 Å². The fourth-order valence-corrected chi connectivity index (χ4v) is 2.58. The number of aromatic carboxylic acids is 1. The number of carboxylic acid groups (broad SMARTS) is 1. The number of carboxylic acids is 1. The molecule has 6 heteroatoms. The highest BCUT2D eigenvalue weighted by molar-refractivity contribution is 7.12. The highest BCUT2D eigenvalue weighted by Gasteiger charge is 2.12. The first-order valence-electron chi connectivity index (χ1n) is 5.91. The monoisotopic (exact) mass is 277 g/mol. The number of hydrogen-bond acceptors (Lipinski definition) is 5. The lowest BCUT2D eigenvalue weighted by Gasteiger charge is -2.08. The van der Waals surface area contributed by atoms with Crippen molar-refractivity contribution in [2.75, 3.05) is 11.1 Å². The molecule has 100 valence electrons. The fraction of sp³-hybridized carbons (Fsp3) is 0.231. The standard InChI is InChI=1S/C13H15N3O2S/c1-2-8-3-4-9(19-8)7-16-12-11(14)10(13(17)18)5-6-15-12/h3-6H,2,7,14H2,1H3,(H,15,16)(H,17,18). The molecule has 5 nitrogen and oxygen atoms in total. The maximum absolute atomic E-state index is 11.0. The van der Waals surface area contributed by atoms with Crippen molar-refractivity contribution in [2.45, 2.75) is 19.9 Å². The van der Waals surface area contributed by atoms with E-state index in [2.05, 4.69) is 23.3 Å². The Balaban J connectivity index is 2.11. The SMILES string of the molecule is CCc1ccc(CNc2nccc(C(=O)O)c2N)s1. The van der Waals surface area contributed by atoms with Gasteiger partial charge in [-0.25, -0.2) is 9.78 Å². The third-order valence-electron chi connectivity index (χ3n) is 2.72. The van der Waals surface area contributed by atoms with Gasteiger partial charge in [0.05, 0.1) is 17.8 Å². The van der Waals surface area contributed by atoms with Crippen LogP contribution in [0.2, 0.25) is 0 Å². The lowest BCUT2D eigenvalue weighted by molar-refractivity contribution is 0.0698. The lowest BCUT2D eigenvalue weighted by Crippen LogP contribution is -2.08. The van der Waals surface area contributed by atoms with Crippen LogP contribution < -0.4 is 11.1 Å². The summed E-state index contributed by atoms with van der Waals surface area (Å²) < 4.78 is 0. The van der Waals surface area contributed by atoms with Crippen LogP contribution in [0.4, 0.5) is 11.5 Å². The van der Waals surface area contributed by atoms with Crippen LogP contribution in [0, 0.1) is 0 Å². The number of carbonyl (C=O) groups is 1. The summed E-state index contributed by atoms with van der Waals surface area (Å²) in [5.74, 6) is -0.640. The van der Waals surface area contributed by atoms with Crippen molar-refractivity contribution in [3.05, 3.63) is 39.7 Å². The molecule has 0 saturated heterocycles. The number of nitrogens with one attached hydrogen (secondary N) is 1. The van der Waals surface area contributed by atoms with Crippen molar-refractivity contribution < 1.29 is 9.90 Å². The molecule has 0 bridgehead atoms.